The van der Waals surface area contributed by atoms with Gasteiger partial charge in [0.1, 0.15) is 5.54 Å². The molecule has 0 aromatic rings. The van der Waals surface area contributed by atoms with Gasteiger partial charge in [0, 0.05) is 45.3 Å². The monoisotopic (exact) mass is 312 g/mol. The average Bonchev–Trinajstić information content (AvgIpc) is 2.59. The fourth-order valence-corrected chi connectivity index (χ4v) is 3.15. The predicted octanol–water partition coefficient (Wildman–Crippen LogP) is -0.296. The summed E-state index contributed by atoms with van der Waals surface area (Å²) in [7, 11) is 0. The summed E-state index contributed by atoms with van der Waals surface area (Å²) in [5.41, 5.74) is -0.791. The van der Waals surface area contributed by atoms with Crippen molar-refractivity contribution >= 4 is 11.9 Å². The van der Waals surface area contributed by atoms with Crippen LogP contribution in [-0.2, 0) is 4.79 Å². The summed E-state index contributed by atoms with van der Waals surface area (Å²) in [5.74, 6) is -0.154. The molecule has 7 heteroatoms. The number of aliphatic hydroxyl groups is 1. The van der Waals surface area contributed by atoms with E-state index in [1.807, 2.05) is 0 Å². The Balaban J connectivity index is 1.82. The fourth-order valence-electron chi connectivity index (χ4n) is 3.15. The van der Waals surface area contributed by atoms with Crippen LogP contribution in [0.15, 0.2) is 0 Å². The number of hydrogen-bond acceptors (Lipinski definition) is 5. The van der Waals surface area contributed by atoms with Gasteiger partial charge in [-0.1, -0.05) is 0 Å². The van der Waals surface area contributed by atoms with Gasteiger partial charge in [0.05, 0.1) is 6.10 Å². The third kappa shape index (κ3) is 3.77. The van der Waals surface area contributed by atoms with E-state index in [2.05, 4.69) is 22.0 Å². The average molecular weight is 312 g/mol. The molecule has 0 radical (unpaired) electrons. The van der Waals surface area contributed by atoms with Gasteiger partial charge in [-0.05, 0) is 27.7 Å². The molecule has 2 unspecified atom stereocenters. The largest absolute Gasteiger partial charge is 0.392 e. The van der Waals surface area contributed by atoms with Crippen LogP contribution in [0.25, 0.3) is 0 Å². The summed E-state index contributed by atoms with van der Waals surface area (Å²) < 4.78 is 0. The number of β-amino-alcohol motifs (C(OH)–C–C–N with tert-alkyl or cyclic N) is 1. The number of nitrogens with one attached hydrogen (secondary N) is 1. The van der Waals surface area contributed by atoms with Crippen LogP contribution < -0.4 is 5.32 Å². The molecule has 0 aromatic heterocycles. The first kappa shape index (κ1) is 17.2. The van der Waals surface area contributed by atoms with E-state index in [0.29, 0.717) is 25.7 Å². The van der Waals surface area contributed by atoms with E-state index >= 15 is 0 Å². The number of hydrogen-bond donors (Lipinski definition) is 2. The molecule has 2 heterocycles. The van der Waals surface area contributed by atoms with Gasteiger partial charge >= 0.3 is 6.03 Å². The molecule has 0 saturated carbocycles. The van der Waals surface area contributed by atoms with Crippen LogP contribution in [0.3, 0.4) is 0 Å². The maximum Gasteiger partial charge on any atom is 0.325 e. The van der Waals surface area contributed by atoms with Gasteiger partial charge in [0.15, 0.2) is 0 Å². The third-order valence-electron chi connectivity index (χ3n) is 4.43. The summed E-state index contributed by atoms with van der Waals surface area (Å²) in [6.45, 7) is 11.9. The maximum atomic E-state index is 12.1. The minimum Gasteiger partial charge on any atom is -0.392 e. The fraction of sp³-hybridized carbons (Fsp3) is 0.867. The Kier molecular flexibility index (Phi) is 5.09. The van der Waals surface area contributed by atoms with Crippen LogP contribution in [0, 0.1) is 0 Å². The quantitative estimate of drug-likeness (QED) is 0.682. The topological polar surface area (TPSA) is 76.1 Å². The van der Waals surface area contributed by atoms with Crippen molar-refractivity contribution in [3.8, 4) is 0 Å². The van der Waals surface area contributed by atoms with Gasteiger partial charge in [-0.25, -0.2) is 4.79 Å². The molecule has 0 aliphatic carbocycles. The van der Waals surface area contributed by atoms with E-state index < -0.39 is 5.54 Å². The summed E-state index contributed by atoms with van der Waals surface area (Å²) in [5, 5.41) is 12.2. The minimum atomic E-state index is -0.791. The molecule has 7 nitrogen and oxygen atoms in total. The standard InChI is InChI=1S/C15H28N4O3/c1-11-9-17(5-7-18(11)10-12(2)20)6-8-19-13(21)15(3,4)16-14(19)22/h11-12,20H,5-10H2,1-4H3,(H,16,22). The Morgan fingerprint density at radius 1 is 1.32 bits per heavy atom. The SMILES string of the molecule is CC(O)CN1CCN(CCN2C(=O)NC(C)(C)C2=O)CC1C. The molecule has 2 saturated heterocycles. The van der Waals surface area contributed by atoms with Gasteiger partial charge in [-0.15, -0.1) is 0 Å². The molecular weight excluding hydrogens is 284 g/mol. The second kappa shape index (κ2) is 6.52. The number of piperazine rings is 1. The van der Waals surface area contributed by atoms with Gasteiger partial charge < -0.3 is 10.4 Å². The zero-order chi connectivity index (χ0) is 16.5. The van der Waals surface area contributed by atoms with Crippen LogP contribution >= 0.6 is 0 Å². The zero-order valence-electron chi connectivity index (χ0n) is 14.0. The van der Waals surface area contributed by atoms with Crippen LogP contribution in [0.4, 0.5) is 4.79 Å². The molecule has 2 atom stereocenters. The van der Waals surface area contributed by atoms with E-state index in [4.69, 9.17) is 0 Å². The lowest BCUT2D eigenvalue weighted by molar-refractivity contribution is -0.130. The third-order valence-corrected chi connectivity index (χ3v) is 4.43. The lowest BCUT2D eigenvalue weighted by Crippen LogP contribution is -2.54. The molecule has 0 spiro atoms. The first-order chi connectivity index (χ1) is 10.2. The number of imide groups is 1. The molecule has 126 valence electrons. The van der Waals surface area contributed by atoms with Crippen LogP contribution in [-0.4, -0.2) is 88.7 Å². The van der Waals surface area contributed by atoms with Gasteiger partial charge in [0.25, 0.3) is 5.91 Å². The molecule has 3 amide bonds. The van der Waals surface area contributed by atoms with Crippen molar-refractivity contribution in [3.05, 3.63) is 0 Å². The second-order valence-electron chi connectivity index (χ2n) is 7.01. The summed E-state index contributed by atoms with van der Waals surface area (Å²) in [6, 6.07) is 0.0682. The summed E-state index contributed by atoms with van der Waals surface area (Å²) >= 11 is 0. The molecule has 2 aliphatic rings. The van der Waals surface area contributed by atoms with Gasteiger partial charge in [0.2, 0.25) is 0 Å². The highest BCUT2D eigenvalue weighted by Gasteiger charge is 2.44. The number of aliphatic hydroxyl groups excluding tert-OH is 1. The Bertz CT molecular complexity index is 439. The van der Waals surface area contributed by atoms with Crippen molar-refractivity contribution in [2.45, 2.75) is 45.4 Å². The molecule has 2 N–H and O–H groups in total. The number of nitrogens with zero attached hydrogens (tertiary/aromatic N) is 3. The molecule has 2 aliphatic heterocycles. The van der Waals surface area contributed by atoms with Crippen molar-refractivity contribution in [3.63, 3.8) is 0 Å². The van der Waals surface area contributed by atoms with E-state index in [1.165, 1.54) is 4.90 Å². The predicted molar refractivity (Wildman–Crippen MR) is 83.5 cm³/mol. The van der Waals surface area contributed by atoms with Crippen molar-refractivity contribution in [2.75, 3.05) is 39.3 Å². The molecule has 2 fully saturated rings. The Morgan fingerprint density at radius 2 is 2.00 bits per heavy atom. The smallest absolute Gasteiger partial charge is 0.325 e. The Labute approximate surface area is 132 Å². The first-order valence-electron chi connectivity index (χ1n) is 7.99. The van der Waals surface area contributed by atoms with Crippen molar-refractivity contribution in [1.82, 2.24) is 20.0 Å². The number of carbonyl (C=O) groups is 2. The molecule has 22 heavy (non-hydrogen) atoms. The number of rotatable bonds is 5. The highest BCUT2D eigenvalue weighted by atomic mass is 16.3. The lowest BCUT2D eigenvalue weighted by atomic mass is 10.1. The Hall–Kier alpha value is -1.18. The number of carbonyl (C=O) groups excluding carboxylic acids is 2. The second-order valence-corrected chi connectivity index (χ2v) is 7.01. The van der Waals surface area contributed by atoms with Crippen molar-refractivity contribution in [2.24, 2.45) is 0 Å². The summed E-state index contributed by atoms with van der Waals surface area (Å²) in [4.78, 5) is 29.8. The highest BCUT2D eigenvalue weighted by Crippen LogP contribution is 2.17. The maximum absolute atomic E-state index is 12.1. The highest BCUT2D eigenvalue weighted by molar-refractivity contribution is 6.06. The number of urea groups is 1. The minimum absolute atomic E-state index is 0.154. The molecular formula is C15H28N4O3. The van der Waals surface area contributed by atoms with E-state index in [9.17, 15) is 14.7 Å². The molecule has 0 bridgehead atoms. The van der Waals surface area contributed by atoms with Gasteiger partial charge in [-0.2, -0.15) is 0 Å². The normalized spacial score (nSPS) is 28.0. The molecule has 2 rings (SSSR count). The lowest BCUT2D eigenvalue weighted by Gasteiger charge is -2.40. The van der Waals surface area contributed by atoms with Gasteiger partial charge in [-0.3, -0.25) is 19.5 Å². The van der Waals surface area contributed by atoms with Crippen LogP contribution in [0.5, 0.6) is 0 Å². The van der Waals surface area contributed by atoms with Crippen LogP contribution in [0.1, 0.15) is 27.7 Å². The van der Waals surface area contributed by atoms with Crippen molar-refractivity contribution < 1.29 is 14.7 Å². The van der Waals surface area contributed by atoms with Crippen LogP contribution in [0.2, 0.25) is 0 Å². The summed E-state index contributed by atoms with van der Waals surface area (Å²) in [6.07, 6.45) is -0.317. The first-order valence-corrected chi connectivity index (χ1v) is 7.99. The molecule has 0 aromatic carbocycles. The van der Waals surface area contributed by atoms with E-state index in [1.54, 1.807) is 20.8 Å². The van der Waals surface area contributed by atoms with E-state index in [0.717, 1.165) is 19.6 Å². The van der Waals surface area contributed by atoms with Crippen molar-refractivity contribution in [1.29, 1.82) is 0 Å². The number of amides is 3. The zero-order valence-corrected chi connectivity index (χ0v) is 14.0. The Morgan fingerprint density at radius 3 is 2.50 bits per heavy atom. The van der Waals surface area contributed by atoms with E-state index in [-0.39, 0.29) is 18.0 Å².